The molecule has 2 aromatic carbocycles. The third-order valence-electron chi connectivity index (χ3n) is 3.98. The number of carbonyl (C=O) groups is 2. The Morgan fingerprint density at radius 2 is 2.07 bits per heavy atom. The van der Waals surface area contributed by atoms with Crippen LogP contribution in [0.15, 0.2) is 45.8 Å². The second-order valence-corrected chi connectivity index (χ2v) is 7.76. The number of terminal acetylenes is 1. The van der Waals surface area contributed by atoms with Gasteiger partial charge in [0.05, 0.1) is 18.6 Å². The van der Waals surface area contributed by atoms with E-state index in [1.54, 1.807) is 30.3 Å². The maximum absolute atomic E-state index is 13.3. The third-order valence-corrected chi connectivity index (χ3v) is 5.57. The van der Waals surface area contributed by atoms with Crippen LogP contribution in [0.1, 0.15) is 11.1 Å². The van der Waals surface area contributed by atoms with Crippen molar-refractivity contribution >= 4 is 44.9 Å². The van der Waals surface area contributed by atoms with Gasteiger partial charge >= 0.3 is 0 Å². The minimum absolute atomic E-state index is 0.0701. The molecule has 0 aromatic heterocycles. The minimum Gasteiger partial charge on any atom is -0.493 e. The number of amides is 2. The molecule has 29 heavy (non-hydrogen) atoms. The highest BCUT2D eigenvalue weighted by molar-refractivity contribution is 9.10. The molecule has 1 aliphatic rings. The lowest BCUT2D eigenvalue weighted by Crippen LogP contribution is -2.28. The highest BCUT2D eigenvalue weighted by atomic mass is 79.9. The van der Waals surface area contributed by atoms with E-state index >= 15 is 0 Å². The van der Waals surface area contributed by atoms with E-state index in [-0.39, 0.29) is 23.9 Å². The van der Waals surface area contributed by atoms with Crippen molar-refractivity contribution in [2.45, 2.75) is 6.61 Å². The van der Waals surface area contributed by atoms with E-state index < -0.39 is 11.1 Å². The van der Waals surface area contributed by atoms with Gasteiger partial charge in [-0.25, -0.2) is 4.39 Å². The average molecular weight is 476 g/mol. The van der Waals surface area contributed by atoms with Crippen LogP contribution in [0.5, 0.6) is 11.5 Å². The van der Waals surface area contributed by atoms with E-state index in [0.29, 0.717) is 27.1 Å². The number of benzene rings is 2. The van der Waals surface area contributed by atoms with Crippen molar-refractivity contribution in [3.05, 3.63) is 62.7 Å². The molecule has 148 valence electrons. The average Bonchev–Trinajstić information content (AvgIpc) is 2.96. The van der Waals surface area contributed by atoms with Gasteiger partial charge in [0.25, 0.3) is 11.1 Å². The summed E-state index contributed by atoms with van der Waals surface area (Å²) in [4.78, 5) is 25.6. The topological polar surface area (TPSA) is 55.8 Å². The van der Waals surface area contributed by atoms with Gasteiger partial charge in [-0.2, -0.15) is 0 Å². The normalized spacial score (nSPS) is 15.0. The van der Waals surface area contributed by atoms with Gasteiger partial charge in [-0.15, -0.1) is 6.42 Å². The van der Waals surface area contributed by atoms with E-state index in [1.807, 2.05) is 0 Å². The zero-order chi connectivity index (χ0) is 21.0. The van der Waals surface area contributed by atoms with Crippen molar-refractivity contribution in [2.24, 2.45) is 0 Å². The molecule has 0 saturated carbocycles. The molecule has 1 aliphatic heterocycles. The number of halogens is 2. The van der Waals surface area contributed by atoms with Gasteiger partial charge in [-0.05, 0) is 53.2 Å². The molecule has 1 fully saturated rings. The summed E-state index contributed by atoms with van der Waals surface area (Å²) in [5.74, 6) is 2.40. The molecule has 8 heteroatoms. The molecule has 3 rings (SSSR count). The van der Waals surface area contributed by atoms with Gasteiger partial charge in [0.1, 0.15) is 12.4 Å². The Balaban J connectivity index is 1.84. The lowest BCUT2D eigenvalue weighted by atomic mass is 10.1. The Labute approximate surface area is 180 Å². The smallest absolute Gasteiger partial charge is 0.294 e. The Bertz CT molecular complexity index is 1050. The highest BCUT2D eigenvalue weighted by Crippen LogP contribution is 2.38. The van der Waals surface area contributed by atoms with Crippen LogP contribution in [-0.4, -0.2) is 29.7 Å². The molecule has 0 aliphatic carbocycles. The second-order valence-electron chi connectivity index (χ2n) is 5.92. The zero-order valence-electron chi connectivity index (χ0n) is 15.3. The molecule has 2 amide bonds. The summed E-state index contributed by atoms with van der Waals surface area (Å²) in [6.45, 7) is 0.0875. The largest absolute Gasteiger partial charge is 0.493 e. The summed E-state index contributed by atoms with van der Waals surface area (Å²) in [7, 11) is 1.49. The van der Waals surface area contributed by atoms with E-state index in [9.17, 15) is 14.0 Å². The fraction of sp³-hybridized carbons (Fsp3) is 0.143. The lowest BCUT2D eigenvalue weighted by molar-refractivity contribution is -0.122. The Morgan fingerprint density at radius 1 is 1.28 bits per heavy atom. The number of hydrogen-bond donors (Lipinski definition) is 0. The molecule has 0 spiro atoms. The van der Waals surface area contributed by atoms with Crippen LogP contribution in [0.2, 0.25) is 0 Å². The number of hydrogen-bond acceptors (Lipinski definition) is 5. The molecular formula is C21H15BrFNO4S. The molecule has 0 bridgehead atoms. The van der Waals surface area contributed by atoms with Gasteiger partial charge in [-0.1, -0.05) is 34.0 Å². The minimum atomic E-state index is -0.435. The van der Waals surface area contributed by atoms with Crippen molar-refractivity contribution in [1.82, 2.24) is 4.90 Å². The number of methoxy groups -OCH3 is 1. The van der Waals surface area contributed by atoms with Gasteiger partial charge in [0.15, 0.2) is 11.5 Å². The van der Waals surface area contributed by atoms with E-state index in [1.165, 1.54) is 19.2 Å². The second kappa shape index (κ2) is 9.16. The number of nitrogens with zero attached hydrogens (tertiary/aromatic N) is 1. The van der Waals surface area contributed by atoms with Crippen molar-refractivity contribution in [3.63, 3.8) is 0 Å². The molecule has 0 radical (unpaired) electrons. The van der Waals surface area contributed by atoms with Crippen molar-refractivity contribution in [2.75, 3.05) is 13.7 Å². The Kier molecular flexibility index (Phi) is 6.62. The standard InChI is InChI=1S/C21H15BrFNO4S/c1-3-7-24-20(25)19(29-21(24)26)10-14-9-17(27-2)18(11-16(14)22)28-12-13-5-4-6-15(23)8-13/h1,4-6,8-11H,7,12H2,2H3/b19-10+. The monoisotopic (exact) mass is 475 g/mol. The summed E-state index contributed by atoms with van der Waals surface area (Å²) >= 11 is 4.27. The number of thioether (sulfide) groups is 1. The van der Waals surface area contributed by atoms with Crippen molar-refractivity contribution in [3.8, 4) is 23.8 Å². The number of carbonyl (C=O) groups excluding carboxylic acids is 2. The Morgan fingerprint density at radius 3 is 2.76 bits per heavy atom. The number of rotatable bonds is 6. The fourth-order valence-corrected chi connectivity index (χ4v) is 3.86. The van der Waals surface area contributed by atoms with Crippen LogP contribution in [0.3, 0.4) is 0 Å². The molecule has 0 unspecified atom stereocenters. The van der Waals surface area contributed by atoms with Crippen LogP contribution in [0.4, 0.5) is 9.18 Å². The first-order chi connectivity index (χ1) is 13.9. The molecule has 2 aromatic rings. The first-order valence-electron chi connectivity index (χ1n) is 8.36. The number of imide groups is 1. The quantitative estimate of drug-likeness (QED) is 0.441. The zero-order valence-corrected chi connectivity index (χ0v) is 17.7. The van der Waals surface area contributed by atoms with Crippen LogP contribution in [0.25, 0.3) is 6.08 Å². The van der Waals surface area contributed by atoms with Crippen molar-refractivity contribution < 1.29 is 23.5 Å². The predicted octanol–water partition coefficient (Wildman–Crippen LogP) is 4.85. The summed E-state index contributed by atoms with van der Waals surface area (Å²) in [5.41, 5.74) is 1.31. The highest BCUT2D eigenvalue weighted by Gasteiger charge is 2.34. The first kappa shape index (κ1) is 21.0. The third kappa shape index (κ3) is 4.81. The molecule has 0 atom stereocenters. The first-order valence-corrected chi connectivity index (χ1v) is 9.97. The van der Waals surface area contributed by atoms with Gasteiger partial charge in [0.2, 0.25) is 0 Å². The van der Waals surface area contributed by atoms with Crippen LogP contribution >= 0.6 is 27.7 Å². The van der Waals surface area contributed by atoms with Crippen LogP contribution < -0.4 is 9.47 Å². The van der Waals surface area contributed by atoms with Gasteiger partial charge < -0.3 is 9.47 Å². The van der Waals surface area contributed by atoms with Crippen LogP contribution in [0, 0.1) is 18.2 Å². The maximum Gasteiger partial charge on any atom is 0.294 e. The van der Waals surface area contributed by atoms with Gasteiger partial charge in [-0.3, -0.25) is 14.5 Å². The summed E-state index contributed by atoms with van der Waals surface area (Å²) < 4.78 is 25.1. The summed E-state index contributed by atoms with van der Waals surface area (Å²) in [6.07, 6.45) is 6.79. The van der Waals surface area contributed by atoms with E-state index in [4.69, 9.17) is 15.9 Å². The molecule has 0 N–H and O–H groups in total. The molecule has 1 heterocycles. The molecule has 1 saturated heterocycles. The van der Waals surface area contributed by atoms with Crippen molar-refractivity contribution in [1.29, 1.82) is 0 Å². The maximum atomic E-state index is 13.3. The Hall–Kier alpha value is -2.76. The van der Waals surface area contributed by atoms with Gasteiger partial charge in [0, 0.05) is 4.47 Å². The SMILES string of the molecule is C#CCN1C(=O)S/C(=C/c2cc(OC)c(OCc3cccc(F)c3)cc2Br)C1=O. The van der Waals surface area contributed by atoms with E-state index in [2.05, 4.69) is 21.9 Å². The predicted molar refractivity (Wildman–Crippen MR) is 113 cm³/mol. The van der Waals surface area contributed by atoms with E-state index in [0.717, 1.165) is 16.7 Å². The fourth-order valence-electron chi connectivity index (χ4n) is 2.59. The summed E-state index contributed by atoms with van der Waals surface area (Å²) in [5, 5.41) is -0.405. The molecule has 5 nitrogen and oxygen atoms in total. The lowest BCUT2D eigenvalue weighted by Gasteiger charge is -2.13. The molecular weight excluding hydrogens is 461 g/mol. The van der Waals surface area contributed by atoms with Crippen LogP contribution in [-0.2, 0) is 11.4 Å². The number of ether oxygens (including phenoxy) is 2. The summed E-state index contributed by atoms with van der Waals surface area (Å²) in [6, 6.07) is 9.49.